The number of rotatable bonds is 6. The second-order valence-corrected chi connectivity index (χ2v) is 10.6. The molecule has 4 heterocycles. The first kappa shape index (κ1) is 23.4. The lowest BCUT2D eigenvalue weighted by Crippen LogP contribution is -2.53. The largest absolute Gasteiger partial charge is 0.465 e. The molecule has 1 N–H and O–H groups in total. The summed E-state index contributed by atoms with van der Waals surface area (Å²) in [4.78, 5) is 44.2. The highest BCUT2D eigenvalue weighted by Gasteiger charge is 2.70. The van der Waals surface area contributed by atoms with Crippen LogP contribution in [-0.2, 0) is 19.1 Å². The summed E-state index contributed by atoms with van der Waals surface area (Å²) in [6.45, 7) is 3.88. The van der Waals surface area contributed by atoms with Gasteiger partial charge < -0.3 is 19.6 Å². The number of aliphatic hydroxyl groups is 1. The molecule has 0 radical (unpaired) electrons. The minimum atomic E-state index is -0.794. The average Bonchev–Trinajstić information content (AvgIpc) is 3.17. The van der Waals surface area contributed by atoms with Gasteiger partial charge in [-0.2, -0.15) is 0 Å². The van der Waals surface area contributed by atoms with Crippen molar-refractivity contribution in [1.29, 1.82) is 0 Å². The molecule has 5 atom stereocenters. The second kappa shape index (κ2) is 10.00. The number of nitrogens with zero attached hydrogens (tertiary/aromatic N) is 2. The third-order valence-corrected chi connectivity index (χ3v) is 8.77. The Labute approximate surface area is 194 Å². The third kappa shape index (κ3) is 4.00. The molecule has 2 amide bonds. The van der Waals surface area contributed by atoms with Crippen molar-refractivity contribution in [2.75, 3.05) is 32.8 Å². The number of aliphatic hydroxyl groups excluding tert-OH is 1. The molecule has 4 rings (SSSR count). The van der Waals surface area contributed by atoms with Gasteiger partial charge in [-0.05, 0) is 32.1 Å². The van der Waals surface area contributed by atoms with Crippen LogP contribution < -0.4 is 0 Å². The Morgan fingerprint density at radius 2 is 2.00 bits per heavy atom. The number of hydrogen-bond acceptors (Lipinski definition) is 6. The molecule has 2 saturated heterocycles. The van der Waals surface area contributed by atoms with Crippen LogP contribution in [0.15, 0.2) is 24.3 Å². The molecule has 0 aromatic carbocycles. The van der Waals surface area contributed by atoms with Gasteiger partial charge in [-0.1, -0.05) is 37.6 Å². The average molecular weight is 463 g/mol. The van der Waals surface area contributed by atoms with Gasteiger partial charge in [0.2, 0.25) is 11.8 Å². The Balaban J connectivity index is 1.76. The molecule has 32 heavy (non-hydrogen) atoms. The Kier molecular flexibility index (Phi) is 7.30. The van der Waals surface area contributed by atoms with Crippen LogP contribution in [-0.4, -0.2) is 81.6 Å². The Hall–Kier alpha value is -1.80. The minimum absolute atomic E-state index is 0.0502. The quantitative estimate of drug-likeness (QED) is 0.481. The fourth-order valence-electron chi connectivity index (χ4n) is 5.49. The zero-order valence-corrected chi connectivity index (χ0v) is 19.6. The maximum Gasteiger partial charge on any atom is 0.311 e. The molecule has 1 spiro atoms. The smallest absolute Gasteiger partial charge is 0.311 e. The zero-order valence-electron chi connectivity index (χ0n) is 18.8. The summed E-state index contributed by atoms with van der Waals surface area (Å²) in [5.41, 5.74) is 0. The number of carbonyl (C=O) groups is 3. The van der Waals surface area contributed by atoms with Crippen molar-refractivity contribution in [3.8, 4) is 0 Å². The summed E-state index contributed by atoms with van der Waals surface area (Å²) < 4.78 is 4.80. The summed E-state index contributed by atoms with van der Waals surface area (Å²) in [6.07, 6.45) is 13.2. The number of amides is 2. The molecular formula is C24H34N2O5S. The molecule has 2 fully saturated rings. The maximum atomic E-state index is 13.8. The Bertz CT molecular complexity index is 799. The number of fused-ring (bicyclic) bond motifs is 2. The highest BCUT2D eigenvalue weighted by molar-refractivity contribution is 8.02. The van der Waals surface area contributed by atoms with Gasteiger partial charge >= 0.3 is 5.97 Å². The maximum absolute atomic E-state index is 13.8. The van der Waals surface area contributed by atoms with E-state index in [1.54, 1.807) is 16.7 Å². The molecule has 0 aromatic rings. The Morgan fingerprint density at radius 1 is 1.16 bits per heavy atom. The molecule has 4 aliphatic heterocycles. The lowest BCUT2D eigenvalue weighted by atomic mass is 9.78. The predicted molar refractivity (Wildman–Crippen MR) is 123 cm³/mol. The summed E-state index contributed by atoms with van der Waals surface area (Å²) in [6, 6.07) is -0.661. The van der Waals surface area contributed by atoms with Crippen molar-refractivity contribution < 1.29 is 24.2 Å². The molecule has 0 aliphatic carbocycles. The number of hydrogen-bond donors (Lipinski definition) is 1. The first-order chi connectivity index (χ1) is 15.5. The van der Waals surface area contributed by atoms with E-state index in [0.29, 0.717) is 32.7 Å². The predicted octanol–water partition coefficient (Wildman–Crippen LogP) is 2.15. The van der Waals surface area contributed by atoms with Gasteiger partial charge in [0.25, 0.3) is 0 Å². The molecule has 4 aliphatic rings. The van der Waals surface area contributed by atoms with E-state index < -0.39 is 22.6 Å². The van der Waals surface area contributed by atoms with E-state index in [0.717, 1.165) is 32.1 Å². The normalized spacial score (nSPS) is 35.8. The van der Waals surface area contributed by atoms with Crippen LogP contribution in [0.2, 0.25) is 0 Å². The topological polar surface area (TPSA) is 87.2 Å². The lowest BCUT2D eigenvalue weighted by molar-refractivity contribution is -0.153. The van der Waals surface area contributed by atoms with E-state index >= 15 is 0 Å². The lowest BCUT2D eigenvalue weighted by Gasteiger charge is -2.35. The number of carbonyl (C=O) groups excluding carboxylic acids is 3. The van der Waals surface area contributed by atoms with Crippen molar-refractivity contribution in [2.45, 2.75) is 61.5 Å². The number of allylic oxidation sites excluding steroid dienone is 1. The van der Waals surface area contributed by atoms with Crippen LogP contribution in [0.3, 0.4) is 0 Å². The van der Waals surface area contributed by atoms with Crippen molar-refractivity contribution in [3.05, 3.63) is 24.3 Å². The van der Waals surface area contributed by atoms with Crippen LogP contribution >= 0.6 is 11.8 Å². The van der Waals surface area contributed by atoms with Gasteiger partial charge in [0.05, 0.1) is 23.2 Å². The van der Waals surface area contributed by atoms with Crippen LogP contribution in [0.5, 0.6) is 0 Å². The van der Waals surface area contributed by atoms with Gasteiger partial charge in [-0.3, -0.25) is 14.4 Å². The van der Waals surface area contributed by atoms with Crippen molar-refractivity contribution in [2.24, 2.45) is 11.8 Å². The first-order valence-corrected chi connectivity index (χ1v) is 12.8. The van der Waals surface area contributed by atoms with Crippen LogP contribution in [0.4, 0.5) is 0 Å². The molecule has 8 heteroatoms. The van der Waals surface area contributed by atoms with Crippen molar-refractivity contribution in [1.82, 2.24) is 9.80 Å². The van der Waals surface area contributed by atoms with Crippen molar-refractivity contribution >= 4 is 29.5 Å². The number of ether oxygens (including phenoxy) is 1. The summed E-state index contributed by atoms with van der Waals surface area (Å²) in [5.74, 6) is -1.79. The fourth-order valence-corrected chi connectivity index (χ4v) is 7.50. The van der Waals surface area contributed by atoms with Crippen LogP contribution in [0.25, 0.3) is 0 Å². The summed E-state index contributed by atoms with van der Waals surface area (Å²) in [7, 11) is 0. The van der Waals surface area contributed by atoms with E-state index in [4.69, 9.17) is 4.74 Å². The van der Waals surface area contributed by atoms with Gasteiger partial charge in [0.1, 0.15) is 6.04 Å². The van der Waals surface area contributed by atoms with Gasteiger partial charge in [-0.25, -0.2) is 0 Å². The molecular weight excluding hydrogens is 428 g/mol. The van der Waals surface area contributed by atoms with E-state index in [2.05, 4.69) is 19.1 Å². The van der Waals surface area contributed by atoms with E-state index in [1.807, 2.05) is 17.1 Å². The fraction of sp³-hybridized carbons (Fsp3) is 0.708. The number of thioether (sulfide) groups is 1. The van der Waals surface area contributed by atoms with Crippen LogP contribution in [0.1, 0.15) is 45.4 Å². The minimum Gasteiger partial charge on any atom is -0.465 e. The third-order valence-electron chi connectivity index (χ3n) is 7.02. The molecule has 0 bridgehead atoms. The molecule has 1 unspecified atom stereocenters. The number of unbranched alkanes of at least 4 members (excludes halogenated alkanes) is 1. The van der Waals surface area contributed by atoms with Crippen molar-refractivity contribution in [3.63, 3.8) is 0 Å². The van der Waals surface area contributed by atoms with E-state index in [-0.39, 0.29) is 29.6 Å². The summed E-state index contributed by atoms with van der Waals surface area (Å²) >= 11 is 1.58. The number of esters is 1. The standard InChI is InChI=1S/C24H34N2O5S/c1-2-3-12-25-13-8-11-24-19(21(28)26(14-9-15-27)20(24)22(25)29)18-17(32-24)10-6-4-5-7-16-31-23(18)30/h6,8,10-11,17-20,27H,2-5,7,9,12-16H2,1H3/b10-6-/t17-,18+,19+,20?,24+/m1/s1. The molecule has 176 valence electrons. The second-order valence-electron chi connectivity index (χ2n) is 9.08. The molecule has 0 aromatic heterocycles. The SMILES string of the molecule is CCCCN1CC=C[C@]23S[C@@H]4/C=C\CCCCOC(=O)[C@@H]4[C@H]2C(=O)N(CCCO)C3C1=O. The molecule has 0 saturated carbocycles. The van der Waals surface area contributed by atoms with Crippen LogP contribution in [0, 0.1) is 11.8 Å². The highest BCUT2D eigenvalue weighted by atomic mass is 32.2. The van der Waals surface area contributed by atoms with E-state index in [1.165, 1.54) is 0 Å². The number of likely N-dealkylation sites (tertiary alicyclic amines) is 1. The molecule has 7 nitrogen and oxygen atoms in total. The first-order valence-electron chi connectivity index (χ1n) is 11.9. The van der Waals surface area contributed by atoms with Gasteiger partial charge in [0, 0.05) is 31.5 Å². The zero-order chi connectivity index (χ0) is 22.7. The number of cyclic esters (lactones) is 1. The highest BCUT2D eigenvalue weighted by Crippen LogP contribution is 2.60. The van der Waals surface area contributed by atoms with E-state index in [9.17, 15) is 19.5 Å². The summed E-state index contributed by atoms with van der Waals surface area (Å²) in [5, 5.41) is 9.22. The van der Waals surface area contributed by atoms with Gasteiger partial charge in [-0.15, -0.1) is 11.8 Å². The van der Waals surface area contributed by atoms with Gasteiger partial charge in [0.15, 0.2) is 0 Å². The monoisotopic (exact) mass is 462 g/mol. The Morgan fingerprint density at radius 3 is 2.78 bits per heavy atom.